The molecule has 0 fully saturated rings. The highest BCUT2D eigenvalue weighted by Gasteiger charge is 2.29. The lowest BCUT2D eigenvalue weighted by Gasteiger charge is -2.19. The van der Waals surface area contributed by atoms with Gasteiger partial charge in [-0.2, -0.15) is 0 Å². The minimum absolute atomic E-state index is 0.0576. The summed E-state index contributed by atoms with van der Waals surface area (Å²) < 4.78 is 58.4. The molecule has 3 rings (SSSR count). The van der Waals surface area contributed by atoms with Crippen molar-refractivity contribution in [3.63, 3.8) is 0 Å². The van der Waals surface area contributed by atoms with Crippen LogP contribution in [0.4, 0.5) is 5.69 Å². The van der Waals surface area contributed by atoms with Crippen LogP contribution in [0.5, 0.6) is 5.75 Å². The fourth-order valence-electron chi connectivity index (χ4n) is 2.85. The maximum absolute atomic E-state index is 12.6. The normalized spacial score (nSPS) is 14.3. The van der Waals surface area contributed by atoms with Crippen LogP contribution in [0, 0.1) is 0 Å². The second-order valence-corrected chi connectivity index (χ2v) is 9.62. The number of rotatable bonds is 7. The molecule has 1 aliphatic heterocycles. The zero-order valence-electron chi connectivity index (χ0n) is 14.3. The predicted octanol–water partition coefficient (Wildman–Crippen LogP) is 1.37. The third-order valence-electron chi connectivity index (χ3n) is 4.20. The topological polar surface area (TPSA) is 92.8 Å². The predicted molar refractivity (Wildman–Crippen MR) is 99.5 cm³/mol. The number of ether oxygens (including phenoxy) is 1. The number of hydrogen-bond acceptors (Lipinski definition) is 5. The van der Waals surface area contributed by atoms with Crippen molar-refractivity contribution in [3.05, 3.63) is 54.1 Å². The van der Waals surface area contributed by atoms with Crippen molar-refractivity contribution < 1.29 is 21.6 Å². The lowest BCUT2D eigenvalue weighted by Crippen LogP contribution is -2.36. The van der Waals surface area contributed by atoms with E-state index >= 15 is 0 Å². The monoisotopic (exact) mass is 396 g/mol. The van der Waals surface area contributed by atoms with Gasteiger partial charge in [0.05, 0.1) is 23.4 Å². The number of fused-ring (bicyclic) bond motifs is 1. The number of nitrogens with one attached hydrogen (secondary N) is 1. The number of nitrogens with zero attached hydrogens (tertiary/aromatic N) is 1. The zero-order chi connectivity index (χ0) is 18.8. The minimum Gasteiger partial charge on any atom is -0.497 e. The van der Waals surface area contributed by atoms with Gasteiger partial charge in [0.15, 0.2) is 0 Å². The molecule has 7 nitrogen and oxygen atoms in total. The van der Waals surface area contributed by atoms with Gasteiger partial charge in [0.2, 0.25) is 20.0 Å². The van der Waals surface area contributed by atoms with E-state index in [0.717, 1.165) is 5.56 Å². The van der Waals surface area contributed by atoms with E-state index in [4.69, 9.17) is 4.74 Å². The highest BCUT2D eigenvalue weighted by molar-refractivity contribution is 7.93. The smallest absolute Gasteiger partial charge is 0.240 e. The van der Waals surface area contributed by atoms with Crippen molar-refractivity contribution in [1.82, 2.24) is 4.72 Å². The molecule has 1 aliphatic rings. The molecule has 0 amide bonds. The van der Waals surface area contributed by atoms with Gasteiger partial charge in [0.1, 0.15) is 5.75 Å². The van der Waals surface area contributed by atoms with Gasteiger partial charge in [-0.05, 0) is 42.3 Å². The van der Waals surface area contributed by atoms with Crippen molar-refractivity contribution in [2.75, 3.05) is 30.3 Å². The summed E-state index contributed by atoms with van der Waals surface area (Å²) in [7, 11) is -5.89. The molecule has 0 aromatic heterocycles. The first-order valence-corrected chi connectivity index (χ1v) is 11.1. The van der Waals surface area contributed by atoms with Crippen LogP contribution in [0.1, 0.15) is 5.56 Å². The van der Waals surface area contributed by atoms with E-state index < -0.39 is 20.0 Å². The van der Waals surface area contributed by atoms with Gasteiger partial charge in [0.25, 0.3) is 0 Å². The van der Waals surface area contributed by atoms with Crippen molar-refractivity contribution in [1.29, 1.82) is 0 Å². The van der Waals surface area contributed by atoms with Crippen LogP contribution in [0.2, 0.25) is 0 Å². The minimum atomic E-state index is -3.78. The maximum atomic E-state index is 12.6. The van der Waals surface area contributed by atoms with Crippen molar-refractivity contribution >= 4 is 25.7 Å². The summed E-state index contributed by atoms with van der Waals surface area (Å²) in [5.74, 6) is 0.232. The van der Waals surface area contributed by atoms with Crippen LogP contribution in [-0.4, -0.2) is 42.8 Å². The van der Waals surface area contributed by atoms with Crippen LogP contribution in [-0.2, 0) is 26.5 Å². The summed E-state index contributed by atoms with van der Waals surface area (Å²) in [4.78, 5) is 0.0576. The molecule has 2 aromatic carbocycles. The lowest BCUT2D eigenvalue weighted by molar-refractivity contribution is 0.414. The zero-order valence-corrected chi connectivity index (χ0v) is 15.9. The van der Waals surface area contributed by atoms with Gasteiger partial charge in [0, 0.05) is 13.1 Å². The highest BCUT2D eigenvalue weighted by atomic mass is 32.2. The van der Waals surface area contributed by atoms with E-state index in [-0.39, 0.29) is 17.2 Å². The van der Waals surface area contributed by atoms with Gasteiger partial charge in [-0.3, -0.25) is 4.31 Å². The summed E-state index contributed by atoms with van der Waals surface area (Å²) >= 11 is 0. The van der Waals surface area contributed by atoms with Crippen molar-refractivity contribution in [2.24, 2.45) is 0 Å². The number of para-hydroxylation sites is 1. The Labute approximate surface area is 153 Å². The van der Waals surface area contributed by atoms with E-state index in [1.807, 2.05) is 12.1 Å². The number of sulfonamides is 2. The molecule has 9 heteroatoms. The first-order valence-electron chi connectivity index (χ1n) is 8.05. The first-order chi connectivity index (χ1) is 12.3. The Morgan fingerprint density at radius 1 is 1.04 bits per heavy atom. The third kappa shape index (κ3) is 3.84. The van der Waals surface area contributed by atoms with E-state index in [2.05, 4.69) is 4.72 Å². The average molecular weight is 396 g/mol. The third-order valence-corrected chi connectivity index (χ3v) is 7.45. The van der Waals surface area contributed by atoms with Crippen LogP contribution in [0.15, 0.2) is 53.4 Å². The Hall–Kier alpha value is -2.10. The van der Waals surface area contributed by atoms with E-state index in [9.17, 15) is 16.8 Å². The van der Waals surface area contributed by atoms with Crippen molar-refractivity contribution in [2.45, 2.75) is 11.3 Å². The van der Waals surface area contributed by atoms with E-state index in [1.165, 1.54) is 35.7 Å². The molecule has 140 valence electrons. The standard InChI is InChI=1S/C17H20N2O5S2/c1-24-15-6-8-16(9-7-15)26(22,23)18-11-13-25(20,21)19-12-10-14-4-2-3-5-17(14)19/h2-9,18H,10-13H2,1H3. The average Bonchev–Trinajstić information content (AvgIpc) is 3.06. The second-order valence-electron chi connectivity index (χ2n) is 5.84. The molecule has 0 unspecified atom stereocenters. The molecule has 0 saturated carbocycles. The molecule has 1 N–H and O–H groups in total. The molecule has 2 aromatic rings. The van der Waals surface area contributed by atoms with Gasteiger partial charge in [-0.25, -0.2) is 21.6 Å². The number of methoxy groups -OCH3 is 1. The lowest BCUT2D eigenvalue weighted by atomic mass is 10.2. The van der Waals surface area contributed by atoms with Gasteiger partial charge in [-0.1, -0.05) is 18.2 Å². The van der Waals surface area contributed by atoms with Crippen LogP contribution in [0.3, 0.4) is 0 Å². The summed E-state index contributed by atoms with van der Waals surface area (Å²) in [6, 6.07) is 13.2. The van der Waals surface area contributed by atoms with E-state index in [0.29, 0.717) is 24.4 Å². The Bertz CT molecular complexity index is 986. The molecule has 0 radical (unpaired) electrons. The van der Waals surface area contributed by atoms with Crippen LogP contribution in [0.25, 0.3) is 0 Å². The van der Waals surface area contributed by atoms with Gasteiger partial charge >= 0.3 is 0 Å². The van der Waals surface area contributed by atoms with Gasteiger partial charge < -0.3 is 4.74 Å². The number of hydrogen-bond donors (Lipinski definition) is 1. The molecular weight excluding hydrogens is 376 g/mol. The Morgan fingerprint density at radius 3 is 2.42 bits per heavy atom. The molecule has 1 heterocycles. The molecular formula is C17H20N2O5S2. The Balaban J connectivity index is 1.65. The molecule has 0 bridgehead atoms. The van der Waals surface area contributed by atoms with Gasteiger partial charge in [-0.15, -0.1) is 0 Å². The summed E-state index contributed by atoms with van der Waals surface area (Å²) in [5, 5.41) is 0. The number of benzene rings is 2. The van der Waals surface area contributed by atoms with Crippen LogP contribution >= 0.6 is 0 Å². The molecule has 0 aliphatic carbocycles. The number of anilines is 1. The largest absolute Gasteiger partial charge is 0.497 e. The second kappa shape index (κ2) is 7.26. The fourth-order valence-corrected chi connectivity index (χ4v) is 5.44. The fraction of sp³-hybridized carbons (Fsp3) is 0.294. The molecule has 0 spiro atoms. The SMILES string of the molecule is COc1ccc(S(=O)(=O)NCCS(=O)(=O)N2CCc3ccccc32)cc1. The highest BCUT2D eigenvalue weighted by Crippen LogP contribution is 2.29. The summed E-state index contributed by atoms with van der Waals surface area (Å²) in [6.07, 6.45) is 0.660. The quantitative estimate of drug-likeness (QED) is 0.763. The summed E-state index contributed by atoms with van der Waals surface area (Å²) in [5.41, 5.74) is 1.65. The summed E-state index contributed by atoms with van der Waals surface area (Å²) in [6.45, 7) is 0.183. The molecule has 0 atom stereocenters. The van der Waals surface area contributed by atoms with Crippen molar-refractivity contribution in [3.8, 4) is 5.75 Å². The Morgan fingerprint density at radius 2 is 1.73 bits per heavy atom. The maximum Gasteiger partial charge on any atom is 0.240 e. The van der Waals surface area contributed by atoms with E-state index in [1.54, 1.807) is 12.1 Å². The first kappa shape index (κ1) is 18.7. The van der Waals surface area contributed by atoms with Crippen LogP contribution < -0.4 is 13.8 Å². The molecule has 0 saturated heterocycles. The Kier molecular flexibility index (Phi) is 5.22. The molecule has 26 heavy (non-hydrogen) atoms.